The minimum absolute atomic E-state index is 0.0432. The number of carbonyl (C=O) groups is 2. The highest BCUT2D eigenvalue weighted by molar-refractivity contribution is 7.92. The molecule has 5 nitrogen and oxygen atoms in total. The van der Waals surface area contributed by atoms with Crippen molar-refractivity contribution in [3.63, 3.8) is 0 Å². The molecule has 1 aliphatic rings. The number of hydrogen-bond donors (Lipinski definition) is 1. The van der Waals surface area contributed by atoms with Crippen LogP contribution in [-0.4, -0.2) is 25.5 Å². The second kappa shape index (κ2) is 4.77. The van der Waals surface area contributed by atoms with E-state index in [1.54, 1.807) is 19.1 Å². The van der Waals surface area contributed by atoms with Crippen molar-refractivity contribution in [3.8, 4) is 0 Å². The average molecular weight is 281 g/mol. The van der Waals surface area contributed by atoms with Gasteiger partial charge in [-0.15, -0.1) is 0 Å². The summed E-state index contributed by atoms with van der Waals surface area (Å²) in [4.78, 5) is 23.1. The Hall–Kier alpha value is -1.69. The summed E-state index contributed by atoms with van der Waals surface area (Å²) in [6.45, 7) is 3.46. The first-order valence-corrected chi connectivity index (χ1v) is 7.51. The predicted octanol–water partition coefficient (Wildman–Crippen LogP) is 0.820. The molecule has 1 aromatic carbocycles. The number of rotatable bonds is 2. The molecular weight excluding hydrogens is 266 g/mol. The Balaban J connectivity index is 2.41. The third-order valence-corrected chi connectivity index (χ3v) is 5.51. The molecule has 0 radical (unpaired) electrons. The van der Waals surface area contributed by atoms with Gasteiger partial charge in [-0.3, -0.25) is 14.9 Å². The number of aryl methyl sites for hydroxylation is 1. The van der Waals surface area contributed by atoms with E-state index in [1.807, 2.05) is 6.92 Å². The number of piperidine rings is 1. The molecule has 1 aromatic rings. The second-order valence-corrected chi connectivity index (χ2v) is 6.94. The zero-order valence-electron chi connectivity index (χ0n) is 10.7. The molecule has 1 heterocycles. The van der Waals surface area contributed by atoms with E-state index in [0.29, 0.717) is 0 Å². The Labute approximate surface area is 111 Å². The first kappa shape index (κ1) is 13.7. The van der Waals surface area contributed by atoms with Gasteiger partial charge in [0.15, 0.2) is 9.84 Å². The third kappa shape index (κ3) is 2.53. The Morgan fingerprint density at radius 3 is 2.26 bits per heavy atom. The number of imide groups is 1. The van der Waals surface area contributed by atoms with E-state index in [4.69, 9.17) is 0 Å². The predicted molar refractivity (Wildman–Crippen MR) is 69.1 cm³/mol. The smallest absolute Gasteiger partial charge is 0.245 e. The highest BCUT2D eigenvalue weighted by Gasteiger charge is 2.42. The topological polar surface area (TPSA) is 80.3 Å². The first-order chi connectivity index (χ1) is 8.82. The third-order valence-electron chi connectivity index (χ3n) is 3.23. The minimum Gasteiger partial charge on any atom is -0.295 e. The number of sulfone groups is 1. The van der Waals surface area contributed by atoms with Crippen molar-refractivity contribution in [1.82, 2.24) is 5.32 Å². The summed E-state index contributed by atoms with van der Waals surface area (Å²) >= 11 is 0. The van der Waals surface area contributed by atoms with Crippen LogP contribution in [0.15, 0.2) is 29.2 Å². The van der Waals surface area contributed by atoms with Crippen LogP contribution >= 0.6 is 0 Å². The molecule has 19 heavy (non-hydrogen) atoms. The quantitative estimate of drug-likeness (QED) is 0.814. The zero-order valence-corrected chi connectivity index (χ0v) is 11.5. The normalized spacial score (nSPS) is 24.1. The molecular formula is C13H15NO4S. The summed E-state index contributed by atoms with van der Waals surface area (Å²) < 4.78 is 24.9. The van der Waals surface area contributed by atoms with Crippen LogP contribution in [0, 0.1) is 12.8 Å². The van der Waals surface area contributed by atoms with Crippen molar-refractivity contribution in [2.45, 2.75) is 30.4 Å². The Bertz CT molecular complexity index is 619. The molecule has 2 rings (SSSR count). The average Bonchev–Trinajstić information content (AvgIpc) is 2.27. The van der Waals surface area contributed by atoms with Crippen LogP contribution in [0.3, 0.4) is 0 Å². The van der Waals surface area contributed by atoms with Gasteiger partial charge in [0, 0.05) is 6.42 Å². The van der Waals surface area contributed by atoms with Gasteiger partial charge in [-0.2, -0.15) is 0 Å². The molecule has 0 saturated carbocycles. The fraction of sp³-hybridized carbons (Fsp3) is 0.385. The fourth-order valence-electron chi connectivity index (χ4n) is 2.24. The van der Waals surface area contributed by atoms with Crippen molar-refractivity contribution >= 4 is 21.7 Å². The summed E-state index contributed by atoms with van der Waals surface area (Å²) in [5.41, 5.74) is 0.940. The summed E-state index contributed by atoms with van der Waals surface area (Å²) in [5, 5.41) is 0.889. The number of nitrogens with one attached hydrogen (secondary N) is 1. The van der Waals surface area contributed by atoms with Crippen LogP contribution in [0.2, 0.25) is 0 Å². The SMILES string of the molecule is Cc1ccc(S(=O)(=O)[C@H]2C(=O)NC(=O)C[C@@H]2C)cc1. The van der Waals surface area contributed by atoms with Crippen molar-refractivity contribution in [2.24, 2.45) is 5.92 Å². The molecule has 0 aromatic heterocycles. The second-order valence-electron chi connectivity index (χ2n) is 4.87. The van der Waals surface area contributed by atoms with Crippen molar-refractivity contribution in [3.05, 3.63) is 29.8 Å². The van der Waals surface area contributed by atoms with Crippen LogP contribution in [0.4, 0.5) is 0 Å². The van der Waals surface area contributed by atoms with Gasteiger partial charge in [0.1, 0.15) is 5.25 Å². The van der Waals surface area contributed by atoms with Gasteiger partial charge >= 0.3 is 0 Å². The lowest BCUT2D eigenvalue weighted by molar-refractivity contribution is -0.134. The van der Waals surface area contributed by atoms with E-state index in [-0.39, 0.29) is 11.3 Å². The maximum absolute atomic E-state index is 12.5. The summed E-state index contributed by atoms with van der Waals surface area (Å²) in [5.74, 6) is -1.68. The van der Waals surface area contributed by atoms with Crippen LogP contribution in [-0.2, 0) is 19.4 Å². The van der Waals surface area contributed by atoms with Gasteiger partial charge in [0.25, 0.3) is 0 Å². The van der Waals surface area contributed by atoms with Crippen molar-refractivity contribution in [1.29, 1.82) is 0 Å². The van der Waals surface area contributed by atoms with E-state index in [1.165, 1.54) is 12.1 Å². The summed E-state index contributed by atoms with van der Waals surface area (Å²) in [7, 11) is -3.76. The Morgan fingerprint density at radius 1 is 1.16 bits per heavy atom. The van der Waals surface area contributed by atoms with Crippen LogP contribution in [0.25, 0.3) is 0 Å². The Morgan fingerprint density at radius 2 is 1.74 bits per heavy atom. The molecule has 1 N–H and O–H groups in total. The summed E-state index contributed by atoms with van der Waals surface area (Å²) in [6, 6.07) is 6.34. The van der Waals surface area contributed by atoms with Crippen LogP contribution < -0.4 is 5.32 Å². The highest BCUT2D eigenvalue weighted by atomic mass is 32.2. The molecule has 1 aliphatic heterocycles. The van der Waals surface area contributed by atoms with E-state index >= 15 is 0 Å². The van der Waals surface area contributed by atoms with E-state index in [2.05, 4.69) is 5.32 Å². The molecule has 2 atom stereocenters. The highest BCUT2D eigenvalue weighted by Crippen LogP contribution is 2.26. The van der Waals surface area contributed by atoms with E-state index in [9.17, 15) is 18.0 Å². The molecule has 2 amide bonds. The zero-order chi connectivity index (χ0) is 14.2. The number of hydrogen-bond acceptors (Lipinski definition) is 4. The Kier molecular flexibility index (Phi) is 3.45. The molecule has 0 bridgehead atoms. The lowest BCUT2D eigenvalue weighted by atomic mass is 9.99. The fourth-order valence-corrected chi connectivity index (χ4v) is 4.10. The first-order valence-electron chi connectivity index (χ1n) is 5.96. The lowest BCUT2D eigenvalue weighted by Crippen LogP contribution is -2.51. The maximum atomic E-state index is 12.5. The van der Waals surface area contributed by atoms with Crippen molar-refractivity contribution < 1.29 is 18.0 Å². The number of amides is 2. The monoisotopic (exact) mass is 281 g/mol. The van der Waals surface area contributed by atoms with Gasteiger partial charge < -0.3 is 0 Å². The number of carbonyl (C=O) groups excluding carboxylic acids is 2. The lowest BCUT2D eigenvalue weighted by Gasteiger charge is -2.26. The van der Waals surface area contributed by atoms with Gasteiger partial charge in [0.05, 0.1) is 4.90 Å². The van der Waals surface area contributed by atoms with Crippen LogP contribution in [0.5, 0.6) is 0 Å². The van der Waals surface area contributed by atoms with E-state index in [0.717, 1.165) is 5.56 Å². The minimum atomic E-state index is -3.76. The largest absolute Gasteiger partial charge is 0.295 e. The summed E-state index contributed by atoms with van der Waals surface area (Å²) in [6.07, 6.45) is 0.0432. The molecule has 1 saturated heterocycles. The number of benzene rings is 1. The maximum Gasteiger partial charge on any atom is 0.245 e. The van der Waals surface area contributed by atoms with Gasteiger partial charge in [0.2, 0.25) is 11.8 Å². The molecule has 1 fully saturated rings. The molecule has 0 aliphatic carbocycles. The standard InChI is InChI=1S/C13H15NO4S/c1-8-3-5-10(6-4-8)19(17,18)12-9(2)7-11(15)14-13(12)16/h3-6,9,12H,7H2,1-2H3,(H,14,15,16)/t9-,12+/m0/s1. The van der Waals surface area contributed by atoms with Crippen LogP contribution in [0.1, 0.15) is 18.9 Å². The molecule has 0 unspecified atom stereocenters. The van der Waals surface area contributed by atoms with Gasteiger partial charge in [-0.25, -0.2) is 8.42 Å². The van der Waals surface area contributed by atoms with Crippen molar-refractivity contribution in [2.75, 3.05) is 0 Å². The molecule has 0 spiro atoms. The van der Waals surface area contributed by atoms with Gasteiger partial charge in [-0.05, 0) is 25.0 Å². The van der Waals surface area contributed by atoms with E-state index < -0.39 is 32.8 Å². The van der Waals surface area contributed by atoms with Gasteiger partial charge in [-0.1, -0.05) is 24.6 Å². The molecule has 102 valence electrons. The molecule has 6 heteroatoms.